The molecule has 3 aromatic heterocycles. The lowest BCUT2D eigenvalue weighted by Gasteiger charge is -2.24. The van der Waals surface area contributed by atoms with Crippen molar-refractivity contribution >= 4 is 22.2 Å². The number of likely N-dealkylation sites (tertiary alicyclic amines) is 1. The molecule has 0 N–H and O–H groups in total. The molecule has 4 aromatic rings. The minimum atomic E-state index is -0.302. The molecule has 34 heavy (non-hydrogen) atoms. The average Bonchev–Trinajstić information content (AvgIpc) is 3.59. The third-order valence-electron chi connectivity index (χ3n) is 7.11. The number of fused-ring (bicyclic) bond motifs is 2. The predicted octanol–water partition coefficient (Wildman–Crippen LogP) is 4.65. The standard InChI is InChI=1S/C26H28N4O2.C2H2/c1-17-14-30-15-20(12-24(30)18(2)27-17)23-11-19-5-6-21(13-25(19)32-26(23)31)29-10-7-22(16-29)28-8-3-4-9-28;1-2/h5-6,11-15,22H,3-4,7-10,16H2,1-2H3;1-2H/t22-;/m0./s1. The molecule has 2 aliphatic heterocycles. The highest BCUT2D eigenvalue weighted by atomic mass is 16.4. The summed E-state index contributed by atoms with van der Waals surface area (Å²) in [7, 11) is 0. The van der Waals surface area contributed by atoms with Crippen LogP contribution < -0.4 is 10.5 Å². The first kappa shape index (κ1) is 22.2. The maximum atomic E-state index is 12.9. The van der Waals surface area contributed by atoms with Gasteiger partial charge in [0.05, 0.1) is 22.5 Å². The molecular formula is C28H30N4O2. The molecule has 0 radical (unpaired) electrons. The SMILES string of the molecule is C#C.Cc1cn2cc(-c3cc4ccc(N5CC[C@H](N6CCCC6)C5)cc4oc3=O)cc2c(C)n1. The normalized spacial score (nSPS) is 18.5. The van der Waals surface area contributed by atoms with Crippen molar-refractivity contribution in [1.29, 1.82) is 0 Å². The van der Waals surface area contributed by atoms with Gasteiger partial charge in [0.2, 0.25) is 0 Å². The van der Waals surface area contributed by atoms with Gasteiger partial charge in [0.1, 0.15) is 5.58 Å². The molecule has 2 saturated heterocycles. The largest absolute Gasteiger partial charge is 0.422 e. The molecule has 6 rings (SSSR count). The van der Waals surface area contributed by atoms with Gasteiger partial charge in [-0.05, 0) is 70.5 Å². The third kappa shape index (κ3) is 3.97. The number of rotatable bonds is 3. The van der Waals surface area contributed by atoms with E-state index in [1.165, 1.54) is 32.4 Å². The summed E-state index contributed by atoms with van der Waals surface area (Å²) in [5.74, 6) is 0. The number of terminal acetylenes is 1. The molecule has 0 spiro atoms. The van der Waals surface area contributed by atoms with Crippen LogP contribution in [0.25, 0.3) is 27.6 Å². The van der Waals surface area contributed by atoms with E-state index in [1.54, 1.807) is 0 Å². The number of benzene rings is 1. The summed E-state index contributed by atoms with van der Waals surface area (Å²) in [6, 6.07) is 10.9. The van der Waals surface area contributed by atoms with Gasteiger partial charge in [-0.2, -0.15) is 0 Å². The van der Waals surface area contributed by atoms with E-state index in [2.05, 4.69) is 39.8 Å². The Balaban J connectivity index is 0.00000117. The molecule has 174 valence electrons. The molecule has 0 amide bonds. The van der Waals surface area contributed by atoms with Crippen molar-refractivity contribution in [2.24, 2.45) is 0 Å². The molecule has 0 unspecified atom stereocenters. The Kier molecular flexibility index (Phi) is 5.89. The van der Waals surface area contributed by atoms with Crippen molar-refractivity contribution in [2.75, 3.05) is 31.1 Å². The molecule has 1 aromatic carbocycles. The first-order valence-corrected chi connectivity index (χ1v) is 11.9. The number of anilines is 1. The van der Waals surface area contributed by atoms with Crippen LogP contribution in [-0.4, -0.2) is 46.5 Å². The number of nitrogens with zero attached hydrogens (tertiary/aromatic N) is 4. The zero-order valence-electron chi connectivity index (χ0n) is 19.8. The minimum Gasteiger partial charge on any atom is -0.422 e. The summed E-state index contributed by atoms with van der Waals surface area (Å²) in [6.45, 7) is 8.54. The lowest BCUT2D eigenvalue weighted by Crippen LogP contribution is -2.35. The molecule has 0 aliphatic carbocycles. The second-order valence-electron chi connectivity index (χ2n) is 9.29. The van der Waals surface area contributed by atoms with Crippen molar-refractivity contribution in [3.8, 4) is 24.0 Å². The molecule has 1 atom stereocenters. The molecule has 6 nitrogen and oxygen atoms in total. The molecule has 5 heterocycles. The topological polar surface area (TPSA) is 54.0 Å². The van der Waals surface area contributed by atoms with Crippen LogP contribution in [0.5, 0.6) is 0 Å². The van der Waals surface area contributed by atoms with E-state index >= 15 is 0 Å². The predicted molar refractivity (Wildman–Crippen MR) is 137 cm³/mol. The van der Waals surface area contributed by atoms with Crippen molar-refractivity contribution in [3.63, 3.8) is 0 Å². The Bertz CT molecular complexity index is 1430. The number of aromatic nitrogens is 2. The maximum Gasteiger partial charge on any atom is 0.344 e. The van der Waals surface area contributed by atoms with Gasteiger partial charge in [-0.3, -0.25) is 9.88 Å². The van der Waals surface area contributed by atoms with Crippen molar-refractivity contribution in [2.45, 2.75) is 39.2 Å². The van der Waals surface area contributed by atoms with E-state index in [0.29, 0.717) is 17.2 Å². The van der Waals surface area contributed by atoms with Gasteiger partial charge < -0.3 is 13.7 Å². The van der Waals surface area contributed by atoms with Gasteiger partial charge >= 0.3 is 5.63 Å². The fraction of sp³-hybridized carbons (Fsp3) is 0.357. The van der Waals surface area contributed by atoms with Crippen LogP contribution in [0.3, 0.4) is 0 Å². The molecule has 2 fully saturated rings. The van der Waals surface area contributed by atoms with E-state index < -0.39 is 0 Å². The summed E-state index contributed by atoms with van der Waals surface area (Å²) >= 11 is 0. The quantitative estimate of drug-likeness (QED) is 0.333. The second kappa shape index (κ2) is 9.00. The monoisotopic (exact) mass is 454 g/mol. The second-order valence-corrected chi connectivity index (χ2v) is 9.29. The molecule has 2 aliphatic rings. The van der Waals surface area contributed by atoms with Gasteiger partial charge in [-0.1, -0.05) is 0 Å². The molecule has 0 saturated carbocycles. The summed E-state index contributed by atoms with van der Waals surface area (Å²) < 4.78 is 7.84. The summed E-state index contributed by atoms with van der Waals surface area (Å²) in [4.78, 5) is 22.5. The van der Waals surface area contributed by atoms with Crippen LogP contribution in [0.1, 0.15) is 30.7 Å². The first-order valence-electron chi connectivity index (χ1n) is 11.9. The molecular weight excluding hydrogens is 424 g/mol. The molecule has 0 bridgehead atoms. The van der Waals surface area contributed by atoms with Gasteiger partial charge in [-0.25, -0.2) is 4.79 Å². The van der Waals surface area contributed by atoms with Gasteiger partial charge in [0.25, 0.3) is 0 Å². The lowest BCUT2D eigenvalue weighted by molar-refractivity contribution is 0.260. The molecule has 6 heteroatoms. The minimum absolute atomic E-state index is 0.302. The Morgan fingerprint density at radius 2 is 1.82 bits per heavy atom. The van der Waals surface area contributed by atoms with E-state index in [4.69, 9.17) is 4.42 Å². The highest BCUT2D eigenvalue weighted by molar-refractivity contribution is 5.85. The van der Waals surface area contributed by atoms with Crippen LogP contribution in [0.15, 0.2) is 51.9 Å². The average molecular weight is 455 g/mol. The van der Waals surface area contributed by atoms with Crippen molar-refractivity contribution in [3.05, 3.63) is 64.5 Å². The Morgan fingerprint density at radius 1 is 1.03 bits per heavy atom. The summed E-state index contributed by atoms with van der Waals surface area (Å²) in [5, 5.41) is 0.944. The zero-order valence-corrected chi connectivity index (χ0v) is 19.8. The fourth-order valence-corrected chi connectivity index (χ4v) is 5.45. The van der Waals surface area contributed by atoms with Crippen LogP contribution >= 0.6 is 0 Å². The Labute approximate surface area is 199 Å². The summed E-state index contributed by atoms with van der Waals surface area (Å²) in [6.07, 6.45) is 15.8. The van der Waals surface area contributed by atoms with E-state index in [9.17, 15) is 4.79 Å². The maximum absolute atomic E-state index is 12.9. The van der Waals surface area contributed by atoms with Gasteiger partial charge in [0.15, 0.2) is 0 Å². The van der Waals surface area contributed by atoms with Gasteiger partial charge in [-0.15, -0.1) is 12.8 Å². The fourth-order valence-electron chi connectivity index (χ4n) is 5.45. The van der Waals surface area contributed by atoms with E-state index in [0.717, 1.165) is 46.6 Å². The third-order valence-corrected chi connectivity index (χ3v) is 7.11. The highest BCUT2D eigenvalue weighted by Gasteiger charge is 2.29. The van der Waals surface area contributed by atoms with Crippen molar-refractivity contribution < 1.29 is 4.42 Å². The van der Waals surface area contributed by atoms with Crippen molar-refractivity contribution in [1.82, 2.24) is 14.3 Å². The summed E-state index contributed by atoms with van der Waals surface area (Å²) in [5.41, 5.74) is 5.83. The van der Waals surface area contributed by atoms with Crippen LogP contribution in [0.4, 0.5) is 5.69 Å². The first-order chi connectivity index (χ1) is 16.5. The number of hydrogen-bond acceptors (Lipinski definition) is 5. The van der Waals surface area contributed by atoms with Crippen LogP contribution in [0.2, 0.25) is 0 Å². The Morgan fingerprint density at radius 3 is 2.62 bits per heavy atom. The van der Waals surface area contributed by atoms with Gasteiger partial charge in [0, 0.05) is 54.2 Å². The van der Waals surface area contributed by atoms with Crippen LogP contribution in [0, 0.1) is 26.7 Å². The highest BCUT2D eigenvalue weighted by Crippen LogP contribution is 2.30. The number of hydrogen-bond donors (Lipinski definition) is 0. The van der Waals surface area contributed by atoms with Crippen LogP contribution in [-0.2, 0) is 0 Å². The number of aryl methyl sites for hydroxylation is 2. The zero-order chi connectivity index (χ0) is 23.8. The van der Waals surface area contributed by atoms with E-state index in [-0.39, 0.29) is 5.63 Å². The lowest BCUT2D eigenvalue weighted by atomic mass is 10.1. The Hall–Kier alpha value is -3.56. The smallest absolute Gasteiger partial charge is 0.344 e. The van der Waals surface area contributed by atoms with E-state index in [1.807, 2.05) is 48.8 Å².